The monoisotopic (exact) mass is 225 g/mol. The first-order chi connectivity index (χ1) is 7.74. The number of hydrogen-bond donors (Lipinski definition) is 2. The molecular weight excluding hydrogens is 209 g/mol. The molecule has 2 N–H and O–H groups in total. The van der Waals surface area contributed by atoms with E-state index >= 15 is 0 Å². The minimum absolute atomic E-state index is 0.0304. The largest absolute Gasteiger partial charge is 0.393 e. The molecule has 1 aromatic carbocycles. The Bertz CT molecular complexity index is 333. The van der Waals surface area contributed by atoms with Gasteiger partial charge < -0.3 is 15.2 Å². The molecule has 1 aliphatic heterocycles. The molecule has 0 unspecified atom stereocenters. The molecule has 4 heteroatoms. The van der Waals surface area contributed by atoms with Crippen LogP contribution in [0.2, 0.25) is 0 Å². The highest BCUT2D eigenvalue weighted by atomic mass is 19.1. The van der Waals surface area contributed by atoms with E-state index in [-0.39, 0.29) is 12.4 Å². The first-order valence-corrected chi connectivity index (χ1v) is 5.44. The van der Waals surface area contributed by atoms with Gasteiger partial charge in [0.1, 0.15) is 11.4 Å². The Morgan fingerprint density at radius 2 is 2.12 bits per heavy atom. The van der Waals surface area contributed by atoms with Gasteiger partial charge in [-0.1, -0.05) is 12.1 Å². The van der Waals surface area contributed by atoms with Crippen LogP contribution >= 0.6 is 0 Å². The highest BCUT2D eigenvalue weighted by Crippen LogP contribution is 2.19. The predicted molar refractivity (Wildman–Crippen MR) is 58.7 cm³/mol. The first kappa shape index (κ1) is 11.5. The molecular formula is C12H16FNO2. The lowest BCUT2D eigenvalue weighted by atomic mass is 9.94. The summed E-state index contributed by atoms with van der Waals surface area (Å²) in [6.07, 6.45) is 0.594. The van der Waals surface area contributed by atoms with Crippen LogP contribution in [0.3, 0.4) is 0 Å². The van der Waals surface area contributed by atoms with Crippen molar-refractivity contribution in [2.24, 2.45) is 0 Å². The highest BCUT2D eigenvalue weighted by Gasteiger charge is 2.32. The van der Waals surface area contributed by atoms with Gasteiger partial charge in [-0.05, 0) is 17.7 Å². The van der Waals surface area contributed by atoms with Crippen LogP contribution in [0.1, 0.15) is 5.56 Å². The SMILES string of the molecule is OC[C@]1(Cc2ccc(F)cc2)CNCCO1. The van der Waals surface area contributed by atoms with Gasteiger partial charge >= 0.3 is 0 Å². The molecule has 2 rings (SSSR count). The molecule has 88 valence electrons. The zero-order chi connectivity index (χ0) is 11.4. The lowest BCUT2D eigenvalue weighted by Gasteiger charge is -2.36. The molecule has 1 saturated heterocycles. The van der Waals surface area contributed by atoms with Crippen LogP contribution in [0, 0.1) is 5.82 Å². The van der Waals surface area contributed by atoms with Crippen molar-refractivity contribution in [3.63, 3.8) is 0 Å². The minimum Gasteiger partial charge on any atom is -0.393 e. The molecule has 1 heterocycles. The Morgan fingerprint density at radius 1 is 1.38 bits per heavy atom. The Balaban J connectivity index is 2.08. The van der Waals surface area contributed by atoms with Gasteiger partial charge in [0.25, 0.3) is 0 Å². The van der Waals surface area contributed by atoms with E-state index in [0.29, 0.717) is 19.6 Å². The van der Waals surface area contributed by atoms with Crippen LogP contribution in [0.5, 0.6) is 0 Å². The summed E-state index contributed by atoms with van der Waals surface area (Å²) in [6.45, 7) is 2.01. The third-order valence-electron chi connectivity index (χ3n) is 2.86. The first-order valence-electron chi connectivity index (χ1n) is 5.44. The van der Waals surface area contributed by atoms with E-state index in [9.17, 15) is 9.50 Å². The second-order valence-corrected chi connectivity index (χ2v) is 4.17. The van der Waals surface area contributed by atoms with Gasteiger partial charge in [-0.2, -0.15) is 0 Å². The third kappa shape index (κ3) is 2.58. The van der Waals surface area contributed by atoms with Gasteiger partial charge in [0.05, 0.1) is 13.2 Å². The van der Waals surface area contributed by atoms with E-state index < -0.39 is 5.60 Å². The van der Waals surface area contributed by atoms with Crippen molar-refractivity contribution in [3.05, 3.63) is 35.6 Å². The topological polar surface area (TPSA) is 41.5 Å². The third-order valence-corrected chi connectivity index (χ3v) is 2.86. The molecule has 0 aliphatic carbocycles. The van der Waals surface area contributed by atoms with Crippen LogP contribution in [-0.2, 0) is 11.2 Å². The molecule has 0 saturated carbocycles. The van der Waals surface area contributed by atoms with Gasteiger partial charge in [0.2, 0.25) is 0 Å². The second kappa shape index (κ2) is 4.91. The molecule has 1 fully saturated rings. The number of hydrogen-bond acceptors (Lipinski definition) is 3. The average Bonchev–Trinajstić information content (AvgIpc) is 2.33. The highest BCUT2D eigenvalue weighted by molar-refractivity contribution is 5.18. The van der Waals surface area contributed by atoms with Crippen molar-refractivity contribution < 1.29 is 14.2 Å². The fourth-order valence-corrected chi connectivity index (χ4v) is 1.95. The Hall–Kier alpha value is -0.970. The number of ether oxygens (including phenoxy) is 1. The number of nitrogens with one attached hydrogen (secondary N) is 1. The quantitative estimate of drug-likeness (QED) is 0.796. The second-order valence-electron chi connectivity index (χ2n) is 4.17. The summed E-state index contributed by atoms with van der Waals surface area (Å²) in [6, 6.07) is 6.31. The molecule has 1 atom stereocenters. The van der Waals surface area contributed by atoms with Crippen molar-refractivity contribution in [2.45, 2.75) is 12.0 Å². The van der Waals surface area contributed by atoms with E-state index in [2.05, 4.69) is 5.32 Å². The standard InChI is InChI=1S/C12H16FNO2/c13-11-3-1-10(2-4-11)7-12(9-15)8-14-5-6-16-12/h1-4,14-15H,5-9H2/t12-/m0/s1. The Kier molecular flexibility index (Phi) is 3.53. The summed E-state index contributed by atoms with van der Waals surface area (Å²) in [5, 5.41) is 12.6. The minimum atomic E-state index is -0.559. The summed E-state index contributed by atoms with van der Waals surface area (Å²) >= 11 is 0. The zero-order valence-electron chi connectivity index (χ0n) is 9.08. The maximum absolute atomic E-state index is 12.7. The fourth-order valence-electron chi connectivity index (χ4n) is 1.95. The van der Waals surface area contributed by atoms with E-state index in [1.165, 1.54) is 12.1 Å². The van der Waals surface area contributed by atoms with Gasteiger partial charge in [-0.15, -0.1) is 0 Å². The predicted octanol–water partition coefficient (Wildman–Crippen LogP) is 0.719. The smallest absolute Gasteiger partial charge is 0.123 e. The van der Waals surface area contributed by atoms with Crippen molar-refractivity contribution >= 4 is 0 Å². The van der Waals surface area contributed by atoms with E-state index in [1.807, 2.05) is 0 Å². The Labute approximate surface area is 94.2 Å². The van der Waals surface area contributed by atoms with Gasteiger partial charge in [0, 0.05) is 19.5 Å². The summed E-state index contributed by atoms with van der Waals surface area (Å²) < 4.78 is 18.4. The summed E-state index contributed by atoms with van der Waals surface area (Å²) in [4.78, 5) is 0. The van der Waals surface area contributed by atoms with Crippen LogP contribution in [0.15, 0.2) is 24.3 Å². The normalized spacial score (nSPS) is 25.6. The molecule has 0 radical (unpaired) electrons. The molecule has 16 heavy (non-hydrogen) atoms. The van der Waals surface area contributed by atoms with Gasteiger partial charge in [-0.25, -0.2) is 4.39 Å². The number of morpholine rings is 1. The molecule has 0 bridgehead atoms. The zero-order valence-corrected chi connectivity index (χ0v) is 9.08. The average molecular weight is 225 g/mol. The van der Waals surface area contributed by atoms with E-state index in [4.69, 9.17) is 4.74 Å². The van der Waals surface area contributed by atoms with Crippen LogP contribution < -0.4 is 5.32 Å². The molecule has 1 aliphatic rings. The molecule has 3 nitrogen and oxygen atoms in total. The summed E-state index contributed by atoms with van der Waals surface area (Å²) in [5.41, 5.74) is 0.412. The fraction of sp³-hybridized carbons (Fsp3) is 0.500. The lowest BCUT2D eigenvalue weighted by molar-refractivity contribution is -0.0954. The van der Waals surface area contributed by atoms with Crippen LogP contribution in [-0.4, -0.2) is 37.0 Å². The van der Waals surface area contributed by atoms with Gasteiger partial charge in [0.15, 0.2) is 0 Å². The molecule has 1 aromatic rings. The number of aliphatic hydroxyl groups is 1. The van der Waals surface area contributed by atoms with Crippen LogP contribution in [0.4, 0.5) is 4.39 Å². The molecule has 0 spiro atoms. The number of aliphatic hydroxyl groups excluding tert-OH is 1. The summed E-state index contributed by atoms with van der Waals surface area (Å²) in [7, 11) is 0. The van der Waals surface area contributed by atoms with Gasteiger partial charge in [-0.3, -0.25) is 0 Å². The van der Waals surface area contributed by atoms with E-state index in [1.54, 1.807) is 12.1 Å². The Morgan fingerprint density at radius 3 is 2.69 bits per heavy atom. The van der Waals surface area contributed by atoms with Crippen molar-refractivity contribution in [2.75, 3.05) is 26.3 Å². The molecule has 0 amide bonds. The van der Waals surface area contributed by atoms with Crippen molar-refractivity contribution in [1.82, 2.24) is 5.32 Å². The van der Waals surface area contributed by atoms with E-state index in [0.717, 1.165) is 12.1 Å². The number of benzene rings is 1. The van der Waals surface area contributed by atoms with Crippen LogP contribution in [0.25, 0.3) is 0 Å². The lowest BCUT2D eigenvalue weighted by Crippen LogP contribution is -2.53. The molecule has 0 aromatic heterocycles. The maximum Gasteiger partial charge on any atom is 0.123 e. The number of rotatable bonds is 3. The van der Waals surface area contributed by atoms with Crippen molar-refractivity contribution in [1.29, 1.82) is 0 Å². The number of halogens is 1. The summed E-state index contributed by atoms with van der Waals surface area (Å²) in [5.74, 6) is -0.246. The maximum atomic E-state index is 12.7. The van der Waals surface area contributed by atoms with Crippen molar-refractivity contribution in [3.8, 4) is 0 Å².